The Hall–Kier alpha value is -3.53. The first-order valence-corrected chi connectivity index (χ1v) is 16.9. The zero-order valence-electron chi connectivity index (χ0n) is 22.6. The van der Waals surface area contributed by atoms with Crippen molar-refractivity contribution in [2.24, 2.45) is 0 Å². The Labute approximate surface area is 256 Å². The van der Waals surface area contributed by atoms with Gasteiger partial charge in [-0.15, -0.1) is 0 Å². The maximum absolute atomic E-state index is 8.77. The number of carbonyl (C=O) groups excluding carboxylic acids is 1. The first-order chi connectivity index (χ1) is 20.3. The summed E-state index contributed by atoms with van der Waals surface area (Å²) in [4.78, 5) is 9.45. The summed E-state index contributed by atoms with van der Waals surface area (Å²) in [5, 5.41) is 8.39. The molecule has 41 heavy (non-hydrogen) atoms. The van der Waals surface area contributed by atoms with Crippen LogP contribution in [0.4, 0.5) is 0 Å². The van der Waals surface area contributed by atoms with E-state index in [9.17, 15) is 0 Å². The molecular formula is C37H31OP2Ru. The number of rotatable bonds is 6. The van der Waals surface area contributed by atoms with Crippen LogP contribution < -0.4 is 31.8 Å². The Morgan fingerprint density at radius 2 is 0.439 bits per heavy atom. The van der Waals surface area contributed by atoms with Gasteiger partial charge in [0.2, 0.25) is 0 Å². The molecule has 203 valence electrons. The molecule has 1 nitrogen and oxygen atoms in total. The van der Waals surface area contributed by atoms with Crippen LogP contribution in [0.5, 0.6) is 0 Å². The van der Waals surface area contributed by atoms with Crippen LogP contribution in [0.3, 0.4) is 0 Å². The van der Waals surface area contributed by atoms with Crippen molar-refractivity contribution in [1.82, 2.24) is 0 Å². The molecule has 6 rings (SSSR count). The fourth-order valence-corrected chi connectivity index (χ4v) is 8.97. The Bertz CT molecular complexity index is 1230. The second-order valence-electron chi connectivity index (χ2n) is 8.77. The molecule has 0 aliphatic rings. The maximum Gasteiger partial charge on any atom is -0.0134 e. The number of benzene rings is 6. The number of carbonyl (C=O) groups is 1. The van der Waals surface area contributed by atoms with Gasteiger partial charge in [0.05, 0.1) is 0 Å². The van der Waals surface area contributed by atoms with E-state index in [-0.39, 0.29) is 0 Å². The van der Waals surface area contributed by atoms with E-state index in [1.165, 1.54) is 31.8 Å². The zero-order valence-corrected chi connectivity index (χ0v) is 26.1. The molecule has 4 heteroatoms. The molecular weight excluding hydrogens is 623 g/mol. The monoisotopic (exact) mass is 655 g/mol. The third kappa shape index (κ3) is 9.24. The molecule has 0 aromatic heterocycles. The molecule has 0 unspecified atom stereocenters. The van der Waals surface area contributed by atoms with Gasteiger partial charge in [-0.1, -0.05) is 182 Å². The minimum absolute atomic E-state index is 0.446. The van der Waals surface area contributed by atoms with E-state index < -0.39 is 15.8 Å². The summed E-state index contributed by atoms with van der Waals surface area (Å²) in [5.74, 6) is 0. The van der Waals surface area contributed by atoms with Crippen molar-refractivity contribution in [3.8, 4) is 0 Å². The first-order valence-electron chi connectivity index (χ1n) is 13.2. The third-order valence-electron chi connectivity index (χ3n) is 6.09. The van der Waals surface area contributed by atoms with Crippen LogP contribution in [0.25, 0.3) is 0 Å². The maximum atomic E-state index is 8.77. The van der Waals surface area contributed by atoms with Crippen molar-refractivity contribution in [3.05, 3.63) is 182 Å². The summed E-state index contributed by atoms with van der Waals surface area (Å²) in [6.45, 7) is 0. The average Bonchev–Trinajstić information content (AvgIpc) is 3.05. The van der Waals surface area contributed by atoms with Crippen molar-refractivity contribution in [1.29, 1.82) is 0 Å². The third-order valence-corrected chi connectivity index (χ3v) is 11.0. The molecule has 0 aliphatic carbocycles. The topological polar surface area (TPSA) is 17.1 Å². The van der Waals surface area contributed by atoms with Gasteiger partial charge in [0, 0.05) is 0 Å². The van der Waals surface area contributed by atoms with E-state index >= 15 is 0 Å². The largest absolute Gasteiger partial charge is 0.0622 e. The molecule has 0 heterocycles. The van der Waals surface area contributed by atoms with Gasteiger partial charge in [-0.2, -0.15) is 0 Å². The minimum Gasteiger partial charge on any atom is -0.0622 e. The van der Waals surface area contributed by atoms with Crippen LogP contribution in [0.2, 0.25) is 0 Å². The quantitative estimate of drug-likeness (QED) is 0.112. The Kier molecular flexibility index (Phi) is 12.9. The zero-order chi connectivity index (χ0) is 28.5. The van der Waals surface area contributed by atoms with Gasteiger partial charge >= 0.3 is 28.0 Å². The standard InChI is InChI=1S/2C18H15P.CHO.Ru/c2*1-4-10-16(11-5-1)19(17-12-6-2-7-13-17)18-14-8-3-9-15-18;1-2;/h2*1-15H;1H;. The molecule has 0 saturated carbocycles. The molecule has 0 aliphatic heterocycles. The summed E-state index contributed by atoms with van der Waals surface area (Å²) in [5.41, 5.74) is 0. The minimum atomic E-state index is -0.446. The smallest absolute Gasteiger partial charge is 0.0134 e. The summed E-state index contributed by atoms with van der Waals surface area (Å²) in [6, 6.07) is 64.7. The van der Waals surface area contributed by atoms with Crippen molar-refractivity contribution < 1.29 is 23.1 Å². The van der Waals surface area contributed by atoms with Crippen LogP contribution >= 0.6 is 15.8 Å². The van der Waals surface area contributed by atoms with Crippen molar-refractivity contribution in [2.75, 3.05) is 0 Å². The molecule has 6 aromatic carbocycles. The van der Waals surface area contributed by atoms with Gasteiger partial charge < -0.3 is 0 Å². The van der Waals surface area contributed by atoms with Gasteiger partial charge in [-0.3, -0.25) is 0 Å². The van der Waals surface area contributed by atoms with Gasteiger partial charge in [-0.05, 0) is 47.7 Å². The van der Waals surface area contributed by atoms with Crippen LogP contribution in [-0.2, 0) is 23.1 Å². The Morgan fingerprint density at radius 3 is 0.561 bits per heavy atom. The molecule has 0 atom stereocenters. The van der Waals surface area contributed by atoms with Crippen LogP contribution in [0.1, 0.15) is 0 Å². The fraction of sp³-hybridized carbons (Fsp3) is 0. The second-order valence-corrected chi connectivity index (χ2v) is 13.6. The molecule has 0 N–H and O–H groups in total. The predicted molar refractivity (Wildman–Crippen MR) is 177 cm³/mol. The normalized spacial score (nSPS) is 10.1. The summed E-state index contributed by atoms with van der Waals surface area (Å²) < 4.78 is 0. The summed E-state index contributed by atoms with van der Waals surface area (Å²) in [7, 11) is -0.892. The fourth-order valence-electron chi connectivity index (χ4n) is 4.36. The molecule has 0 spiro atoms. The van der Waals surface area contributed by atoms with Gasteiger partial charge in [0.15, 0.2) is 0 Å². The van der Waals surface area contributed by atoms with Crippen molar-refractivity contribution in [3.63, 3.8) is 0 Å². The van der Waals surface area contributed by atoms with Crippen molar-refractivity contribution >= 4 is 52.6 Å². The second kappa shape index (κ2) is 17.3. The molecule has 0 fully saturated rings. The van der Waals surface area contributed by atoms with Gasteiger partial charge in [0.25, 0.3) is 0 Å². The molecule has 0 bridgehead atoms. The van der Waals surface area contributed by atoms with Gasteiger partial charge in [0.1, 0.15) is 0 Å². The van der Waals surface area contributed by atoms with Gasteiger partial charge in [-0.25, -0.2) is 0 Å². The van der Waals surface area contributed by atoms with E-state index in [0.717, 1.165) is 0 Å². The number of hydrogen-bond donors (Lipinski definition) is 0. The summed E-state index contributed by atoms with van der Waals surface area (Å²) in [6.07, 6.45) is 0. The molecule has 0 radical (unpaired) electrons. The van der Waals surface area contributed by atoms with Crippen LogP contribution in [0, 0.1) is 0 Å². The Balaban J connectivity index is 0.000000173. The van der Waals surface area contributed by atoms with E-state index in [1.54, 1.807) is 0 Å². The molecule has 0 saturated heterocycles. The van der Waals surface area contributed by atoms with E-state index in [1.807, 2.05) is 18.3 Å². The van der Waals surface area contributed by atoms with E-state index in [2.05, 4.69) is 182 Å². The van der Waals surface area contributed by atoms with Crippen LogP contribution in [0.15, 0.2) is 182 Å². The SMILES string of the molecule is O=[CH][Ru].c1ccc(P(c2ccccc2)c2ccccc2)cc1.c1ccc(P(c2ccccc2)c2ccccc2)cc1. The number of hydrogen-bond acceptors (Lipinski definition) is 1. The Morgan fingerprint density at radius 1 is 0.317 bits per heavy atom. The van der Waals surface area contributed by atoms with E-state index in [4.69, 9.17) is 4.79 Å². The average molecular weight is 655 g/mol. The molecule has 0 amide bonds. The first kappa shape index (κ1) is 30.4. The van der Waals surface area contributed by atoms with Crippen molar-refractivity contribution in [2.45, 2.75) is 0 Å². The molecule has 6 aromatic rings. The van der Waals surface area contributed by atoms with Crippen LogP contribution in [-0.4, -0.2) is 4.88 Å². The van der Waals surface area contributed by atoms with E-state index in [0.29, 0.717) is 4.88 Å². The predicted octanol–water partition coefficient (Wildman–Crippen LogP) is 6.61. The summed E-state index contributed by atoms with van der Waals surface area (Å²) >= 11 is 1.83.